The number of piperazine rings is 1. The Labute approximate surface area is 124 Å². The van der Waals surface area contributed by atoms with Crippen LogP contribution in [0.3, 0.4) is 0 Å². The minimum Gasteiger partial charge on any atom is -0.395 e. The average molecular weight is 365 g/mol. The summed E-state index contributed by atoms with van der Waals surface area (Å²) in [6, 6.07) is 0. The fourth-order valence-corrected chi connectivity index (χ4v) is 2.23. The normalized spacial score (nSPS) is 21.7. The molecule has 0 saturated carbocycles. The van der Waals surface area contributed by atoms with Crippen LogP contribution in [0.1, 0.15) is 13.8 Å². The highest BCUT2D eigenvalue weighted by Crippen LogP contribution is 2.08. The largest absolute Gasteiger partial charge is 0.395 e. The summed E-state index contributed by atoms with van der Waals surface area (Å²) in [5.74, 6) is 0.485. The van der Waals surface area contributed by atoms with Gasteiger partial charge < -0.3 is 10.0 Å². The van der Waals surface area contributed by atoms with Crippen molar-refractivity contribution in [3.8, 4) is 0 Å². The number of rotatable bonds is 6. The van der Waals surface area contributed by atoms with E-state index in [4.69, 9.17) is 5.11 Å². The van der Waals surface area contributed by atoms with E-state index in [0.29, 0.717) is 5.92 Å². The van der Waals surface area contributed by atoms with E-state index < -0.39 is 0 Å². The van der Waals surface area contributed by atoms with E-state index in [2.05, 4.69) is 44.3 Å². The Kier molecular flexibility index (Phi) is 8.05. The lowest BCUT2D eigenvalue weighted by Gasteiger charge is -2.35. The molecule has 0 aromatic rings. The molecule has 0 radical (unpaired) electrons. The molecule has 1 heterocycles. The number of nitrogens with zero attached hydrogens (tertiary/aromatic N) is 3. The third-order valence-electron chi connectivity index (χ3n) is 3.12. The van der Waals surface area contributed by atoms with Crippen molar-refractivity contribution >= 4 is 28.8 Å². The predicted molar refractivity (Wildman–Crippen MR) is 85.4 cm³/mol. The number of aliphatic hydroxyl groups excluding tert-OH is 1. The van der Waals surface area contributed by atoms with E-state index in [0.717, 1.165) is 43.0 Å². The topological polar surface area (TPSA) is 39.1 Å². The van der Waals surface area contributed by atoms with Gasteiger partial charge >= 0.3 is 0 Å². The summed E-state index contributed by atoms with van der Waals surface area (Å²) in [6.45, 7) is 10.7. The summed E-state index contributed by atoms with van der Waals surface area (Å²) < 4.78 is 1.05. The van der Waals surface area contributed by atoms with Crippen LogP contribution >= 0.6 is 22.6 Å². The minimum absolute atomic E-state index is 0.269. The van der Waals surface area contributed by atoms with Gasteiger partial charge in [0.25, 0.3) is 0 Å². The zero-order valence-electron chi connectivity index (χ0n) is 11.3. The summed E-state index contributed by atoms with van der Waals surface area (Å²) in [6.07, 6.45) is 4.05. The third kappa shape index (κ3) is 6.26. The maximum Gasteiger partial charge on any atom is 0.0962 e. The number of halogens is 1. The van der Waals surface area contributed by atoms with Crippen molar-refractivity contribution in [1.82, 2.24) is 9.80 Å². The maximum atomic E-state index is 8.90. The number of allylic oxidation sites excluding steroid dienone is 1. The molecule has 0 bridgehead atoms. The number of hydrogen-bond acceptors (Lipinski definition) is 4. The van der Waals surface area contributed by atoms with E-state index in [-0.39, 0.29) is 6.61 Å². The fourth-order valence-electron chi connectivity index (χ4n) is 2.06. The predicted octanol–water partition coefficient (Wildman–Crippen LogP) is 1.60. The Hall–Kier alpha value is 0.0200. The molecule has 4 nitrogen and oxygen atoms in total. The summed E-state index contributed by atoms with van der Waals surface area (Å²) in [5, 5.41) is 8.90. The second-order valence-corrected chi connectivity index (χ2v) is 5.84. The molecule has 5 heteroatoms. The molecule has 104 valence electrons. The molecular weight excluding hydrogens is 341 g/mol. The molecule has 18 heavy (non-hydrogen) atoms. The van der Waals surface area contributed by atoms with E-state index >= 15 is 0 Å². The number of β-amino-alcohol motifs (C(OH)–C–C–N with tert-alkyl or cyclic N) is 1. The first-order valence-electron chi connectivity index (χ1n) is 6.57. The van der Waals surface area contributed by atoms with Crippen LogP contribution in [0.25, 0.3) is 0 Å². The lowest BCUT2D eigenvalue weighted by Crippen LogP contribution is -2.48. The summed E-state index contributed by atoms with van der Waals surface area (Å²) in [5.41, 5.74) is 0. The van der Waals surface area contributed by atoms with Crippen LogP contribution in [0.4, 0.5) is 0 Å². The van der Waals surface area contributed by atoms with Crippen molar-refractivity contribution in [1.29, 1.82) is 0 Å². The van der Waals surface area contributed by atoms with Gasteiger partial charge in [-0.2, -0.15) is 0 Å². The van der Waals surface area contributed by atoms with Gasteiger partial charge in [0.15, 0.2) is 0 Å². The first-order valence-corrected chi connectivity index (χ1v) is 7.65. The minimum atomic E-state index is 0.269. The van der Waals surface area contributed by atoms with Crippen LogP contribution in [0, 0.1) is 5.92 Å². The van der Waals surface area contributed by atoms with Crippen LogP contribution in [0.2, 0.25) is 0 Å². The van der Waals surface area contributed by atoms with Gasteiger partial charge in [0.1, 0.15) is 0 Å². The van der Waals surface area contributed by atoms with Gasteiger partial charge in [-0.25, -0.2) is 0 Å². The van der Waals surface area contributed by atoms with Crippen molar-refractivity contribution < 1.29 is 5.11 Å². The van der Waals surface area contributed by atoms with Crippen LogP contribution in [0.15, 0.2) is 14.8 Å². The molecule has 1 rings (SSSR count). The zero-order chi connectivity index (χ0) is 13.4. The van der Waals surface area contributed by atoms with Crippen LogP contribution in [-0.2, 0) is 0 Å². The molecule has 0 amide bonds. The Morgan fingerprint density at radius 2 is 1.94 bits per heavy atom. The summed E-state index contributed by atoms with van der Waals surface area (Å²) >= 11 is 2.24. The molecular formula is C13H24IN3O. The molecule has 1 aliphatic heterocycles. The van der Waals surface area contributed by atoms with E-state index in [1.165, 1.54) is 0 Å². The number of aliphatic hydroxyl groups is 1. The molecule has 0 aromatic heterocycles. The molecule has 0 spiro atoms. The maximum absolute atomic E-state index is 8.90. The van der Waals surface area contributed by atoms with Gasteiger partial charge in [0.2, 0.25) is 0 Å². The van der Waals surface area contributed by atoms with Crippen molar-refractivity contribution in [3.05, 3.63) is 9.78 Å². The van der Waals surface area contributed by atoms with Gasteiger partial charge in [0, 0.05) is 51.4 Å². The SMILES string of the molecule is C/C=C(/I)N=CC(C)CN1CCN(CCO)CC1. The van der Waals surface area contributed by atoms with Crippen molar-refractivity contribution in [2.24, 2.45) is 10.9 Å². The summed E-state index contributed by atoms with van der Waals surface area (Å²) in [4.78, 5) is 9.20. The standard InChI is InChI=1S/C13H24IN3O/c1-3-13(14)15-10-12(2)11-17-6-4-16(5-7-17)8-9-18/h3,10,12,18H,4-9,11H2,1-2H3/b13-3-,15-10?. The van der Waals surface area contributed by atoms with Crippen molar-refractivity contribution in [2.45, 2.75) is 13.8 Å². The molecule has 0 aliphatic carbocycles. The second-order valence-electron chi connectivity index (χ2n) is 4.73. The lowest BCUT2D eigenvalue weighted by molar-refractivity contribution is 0.109. The molecule has 0 aromatic carbocycles. The van der Waals surface area contributed by atoms with Gasteiger partial charge in [-0.05, 0) is 29.5 Å². The van der Waals surface area contributed by atoms with E-state index in [1.54, 1.807) is 0 Å². The highest BCUT2D eigenvalue weighted by atomic mass is 127. The quantitative estimate of drug-likeness (QED) is 0.442. The van der Waals surface area contributed by atoms with E-state index in [9.17, 15) is 0 Å². The molecule has 1 unspecified atom stereocenters. The molecule has 1 aliphatic rings. The van der Waals surface area contributed by atoms with Gasteiger partial charge in [-0.1, -0.05) is 13.0 Å². The Morgan fingerprint density at radius 1 is 1.33 bits per heavy atom. The molecule has 1 saturated heterocycles. The van der Waals surface area contributed by atoms with Crippen LogP contribution in [0.5, 0.6) is 0 Å². The fraction of sp³-hybridized carbons (Fsp3) is 0.769. The Balaban J connectivity index is 2.26. The van der Waals surface area contributed by atoms with Gasteiger partial charge in [-0.15, -0.1) is 0 Å². The number of hydrogen-bond donors (Lipinski definition) is 1. The zero-order valence-corrected chi connectivity index (χ0v) is 13.5. The van der Waals surface area contributed by atoms with Gasteiger partial charge in [-0.3, -0.25) is 9.89 Å². The van der Waals surface area contributed by atoms with Crippen molar-refractivity contribution in [2.75, 3.05) is 45.9 Å². The first kappa shape index (κ1) is 16.1. The van der Waals surface area contributed by atoms with Crippen LogP contribution < -0.4 is 0 Å². The van der Waals surface area contributed by atoms with Crippen molar-refractivity contribution in [3.63, 3.8) is 0 Å². The highest BCUT2D eigenvalue weighted by molar-refractivity contribution is 14.1. The lowest BCUT2D eigenvalue weighted by atomic mass is 10.1. The number of aliphatic imine (C=N–C) groups is 1. The molecule has 1 N–H and O–H groups in total. The molecule has 1 atom stereocenters. The average Bonchev–Trinajstić information content (AvgIpc) is 2.38. The van der Waals surface area contributed by atoms with Crippen LogP contribution in [-0.4, -0.2) is 67.0 Å². The van der Waals surface area contributed by atoms with Gasteiger partial charge in [0.05, 0.1) is 10.3 Å². The molecule has 1 fully saturated rings. The third-order valence-corrected chi connectivity index (χ3v) is 4.02. The summed E-state index contributed by atoms with van der Waals surface area (Å²) in [7, 11) is 0. The monoisotopic (exact) mass is 365 g/mol. The highest BCUT2D eigenvalue weighted by Gasteiger charge is 2.17. The first-order chi connectivity index (χ1) is 8.65. The Morgan fingerprint density at radius 3 is 2.50 bits per heavy atom. The van der Waals surface area contributed by atoms with E-state index in [1.807, 2.05) is 19.2 Å². The smallest absolute Gasteiger partial charge is 0.0962 e. The Bertz CT molecular complexity index is 286. The second kappa shape index (κ2) is 9.01.